The van der Waals surface area contributed by atoms with E-state index in [0.717, 1.165) is 49.5 Å². The van der Waals surface area contributed by atoms with Crippen LogP contribution < -0.4 is 19.9 Å². The zero-order valence-electron chi connectivity index (χ0n) is 16.0. The van der Waals surface area contributed by atoms with E-state index in [0.29, 0.717) is 16.8 Å². The van der Waals surface area contributed by atoms with E-state index >= 15 is 0 Å². The number of nitrogens with one attached hydrogen (secondary N) is 1. The van der Waals surface area contributed by atoms with Gasteiger partial charge in [-0.05, 0) is 24.1 Å². The zero-order valence-corrected chi connectivity index (χ0v) is 16.0. The number of H-pyrrole nitrogens is 1. The molecule has 28 heavy (non-hydrogen) atoms. The van der Waals surface area contributed by atoms with E-state index in [1.54, 1.807) is 25.6 Å². The van der Waals surface area contributed by atoms with Crippen LogP contribution in [0.25, 0.3) is 10.9 Å². The van der Waals surface area contributed by atoms with Crippen molar-refractivity contribution in [2.45, 2.75) is 32.3 Å². The highest BCUT2D eigenvalue weighted by Gasteiger charge is 2.23. The fraction of sp³-hybridized carbons (Fsp3) is 0.400. The minimum absolute atomic E-state index is 0.140. The van der Waals surface area contributed by atoms with Crippen molar-refractivity contribution in [3.8, 4) is 11.6 Å². The van der Waals surface area contributed by atoms with Crippen LogP contribution in [0.4, 0.5) is 5.82 Å². The lowest BCUT2D eigenvalue weighted by Crippen LogP contribution is -2.39. The number of fused-ring (bicyclic) bond motifs is 1. The Bertz CT molecular complexity index is 1010. The third kappa shape index (κ3) is 3.62. The van der Waals surface area contributed by atoms with Gasteiger partial charge in [-0.15, -0.1) is 0 Å². The van der Waals surface area contributed by atoms with Crippen molar-refractivity contribution in [1.82, 2.24) is 20.2 Å². The van der Waals surface area contributed by atoms with E-state index < -0.39 is 0 Å². The predicted molar refractivity (Wildman–Crippen MR) is 106 cm³/mol. The minimum atomic E-state index is -0.202. The Kier molecular flexibility index (Phi) is 5.10. The molecule has 0 atom stereocenters. The van der Waals surface area contributed by atoms with Gasteiger partial charge in [0.25, 0.3) is 5.56 Å². The first-order valence-corrected chi connectivity index (χ1v) is 9.47. The topological polar surface area (TPSA) is 93.2 Å². The van der Waals surface area contributed by atoms with E-state index in [1.165, 1.54) is 0 Å². The number of aryl methyl sites for hydroxylation is 1. The number of rotatable bonds is 5. The van der Waals surface area contributed by atoms with Crippen LogP contribution in [0, 0.1) is 0 Å². The van der Waals surface area contributed by atoms with Crippen molar-refractivity contribution in [3.05, 3.63) is 46.5 Å². The van der Waals surface area contributed by atoms with E-state index in [-0.39, 0.29) is 11.7 Å². The molecule has 8 nitrogen and oxygen atoms in total. The van der Waals surface area contributed by atoms with Gasteiger partial charge in [0.15, 0.2) is 0 Å². The number of hydrogen-bond donors (Lipinski definition) is 1. The number of hydrogen-bond acceptors (Lipinski definition) is 7. The number of anilines is 1. The molecule has 0 radical (unpaired) electrons. The van der Waals surface area contributed by atoms with Gasteiger partial charge in [-0.1, -0.05) is 6.92 Å². The highest BCUT2D eigenvalue weighted by atomic mass is 16.5. The number of piperidine rings is 1. The minimum Gasteiger partial charge on any atom is -0.489 e. The Labute approximate surface area is 162 Å². The van der Waals surface area contributed by atoms with Crippen LogP contribution in [0.1, 0.15) is 25.3 Å². The van der Waals surface area contributed by atoms with Crippen molar-refractivity contribution in [1.29, 1.82) is 0 Å². The molecular weight excluding hydrogens is 358 g/mol. The van der Waals surface area contributed by atoms with E-state index in [9.17, 15) is 4.79 Å². The molecular formula is C20H23N5O3. The molecule has 8 heteroatoms. The molecule has 1 saturated heterocycles. The maximum Gasteiger partial charge on any atom is 0.273 e. The molecule has 146 valence electrons. The largest absolute Gasteiger partial charge is 0.489 e. The second kappa shape index (κ2) is 7.84. The fourth-order valence-corrected chi connectivity index (χ4v) is 3.52. The second-order valence-electron chi connectivity index (χ2n) is 6.80. The molecule has 0 unspecified atom stereocenters. The summed E-state index contributed by atoms with van der Waals surface area (Å²) in [5.41, 5.74) is 1.49. The summed E-state index contributed by atoms with van der Waals surface area (Å²) >= 11 is 0. The lowest BCUT2D eigenvalue weighted by atomic mass is 10.1. The monoisotopic (exact) mass is 381 g/mol. The normalized spacial score (nSPS) is 15.0. The highest BCUT2D eigenvalue weighted by molar-refractivity contribution is 5.80. The predicted octanol–water partition coefficient (Wildman–Crippen LogP) is 2.33. The number of aromatic amines is 1. The number of pyridine rings is 2. The molecule has 3 aromatic heterocycles. The summed E-state index contributed by atoms with van der Waals surface area (Å²) in [7, 11) is 1.59. The van der Waals surface area contributed by atoms with Gasteiger partial charge in [0.2, 0.25) is 5.88 Å². The van der Waals surface area contributed by atoms with Gasteiger partial charge in [0.05, 0.1) is 30.4 Å². The molecule has 4 heterocycles. The van der Waals surface area contributed by atoms with Crippen LogP contribution in [0.3, 0.4) is 0 Å². The highest BCUT2D eigenvalue weighted by Crippen LogP contribution is 2.27. The van der Waals surface area contributed by atoms with Gasteiger partial charge >= 0.3 is 0 Å². The summed E-state index contributed by atoms with van der Waals surface area (Å²) in [6.45, 7) is 3.76. The SMILES string of the molecule is CCc1cc2c(=O)[nH]ncc2nc1N1CCC(Oc2ccc(OC)nc2)CC1. The molecule has 1 aliphatic rings. The molecule has 0 spiro atoms. The number of nitrogens with zero attached hydrogens (tertiary/aromatic N) is 4. The van der Waals surface area contributed by atoms with Gasteiger partial charge < -0.3 is 14.4 Å². The van der Waals surface area contributed by atoms with Crippen molar-refractivity contribution >= 4 is 16.7 Å². The van der Waals surface area contributed by atoms with Crippen molar-refractivity contribution in [3.63, 3.8) is 0 Å². The molecule has 0 bridgehead atoms. The maximum absolute atomic E-state index is 12.0. The van der Waals surface area contributed by atoms with E-state index in [2.05, 4.69) is 27.0 Å². The standard InChI is InChI=1S/C20H23N5O3/c1-3-13-10-16-17(12-22-24-20(16)26)23-19(13)25-8-6-14(7-9-25)28-15-4-5-18(27-2)21-11-15/h4-5,10-12,14H,3,6-9H2,1-2H3,(H,24,26). The molecule has 0 aliphatic carbocycles. The maximum atomic E-state index is 12.0. The third-order valence-electron chi connectivity index (χ3n) is 5.05. The average Bonchev–Trinajstić information content (AvgIpc) is 2.74. The molecule has 0 aromatic carbocycles. The Hall–Kier alpha value is -3.16. The first kappa shape index (κ1) is 18.2. The first-order chi connectivity index (χ1) is 13.7. The lowest BCUT2D eigenvalue weighted by Gasteiger charge is -2.34. The van der Waals surface area contributed by atoms with Crippen LogP contribution >= 0.6 is 0 Å². The van der Waals surface area contributed by atoms with Crippen LogP contribution in [0.15, 0.2) is 35.4 Å². The number of aromatic nitrogens is 4. The van der Waals surface area contributed by atoms with Crippen LogP contribution in [0.5, 0.6) is 11.6 Å². The van der Waals surface area contributed by atoms with Crippen molar-refractivity contribution in [2.75, 3.05) is 25.1 Å². The third-order valence-corrected chi connectivity index (χ3v) is 5.05. The second-order valence-corrected chi connectivity index (χ2v) is 6.80. The van der Waals surface area contributed by atoms with E-state index in [1.807, 2.05) is 12.1 Å². The summed E-state index contributed by atoms with van der Waals surface area (Å²) < 4.78 is 11.1. The molecule has 1 fully saturated rings. The quantitative estimate of drug-likeness (QED) is 0.725. The summed E-state index contributed by atoms with van der Waals surface area (Å²) in [5.74, 6) is 2.26. The van der Waals surface area contributed by atoms with Crippen molar-refractivity contribution < 1.29 is 9.47 Å². The Morgan fingerprint density at radius 3 is 2.75 bits per heavy atom. The molecule has 1 aliphatic heterocycles. The molecule has 4 rings (SSSR count). The van der Waals surface area contributed by atoms with Crippen LogP contribution in [-0.4, -0.2) is 46.5 Å². The Balaban J connectivity index is 1.47. The molecule has 0 saturated carbocycles. The van der Waals surface area contributed by atoms with Gasteiger partial charge in [0.1, 0.15) is 17.7 Å². The van der Waals surface area contributed by atoms with Gasteiger partial charge in [-0.25, -0.2) is 15.1 Å². The van der Waals surface area contributed by atoms with Crippen molar-refractivity contribution in [2.24, 2.45) is 0 Å². The summed E-state index contributed by atoms with van der Waals surface area (Å²) in [4.78, 5) is 23.2. The average molecular weight is 381 g/mol. The summed E-state index contributed by atoms with van der Waals surface area (Å²) in [6.07, 6.45) is 6.03. The van der Waals surface area contributed by atoms with Gasteiger partial charge in [-0.2, -0.15) is 5.10 Å². The number of ether oxygens (including phenoxy) is 2. The van der Waals surface area contributed by atoms with Gasteiger partial charge in [-0.3, -0.25) is 4.79 Å². The fourth-order valence-electron chi connectivity index (χ4n) is 3.52. The Morgan fingerprint density at radius 2 is 2.07 bits per heavy atom. The van der Waals surface area contributed by atoms with Crippen LogP contribution in [0.2, 0.25) is 0 Å². The van der Waals surface area contributed by atoms with Crippen LogP contribution in [-0.2, 0) is 6.42 Å². The molecule has 0 amide bonds. The van der Waals surface area contributed by atoms with Gasteiger partial charge in [0, 0.05) is 32.0 Å². The number of methoxy groups -OCH3 is 1. The molecule has 1 N–H and O–H groups in total. The Morgan fingerprint density at radius 1 is 1.25 bits per heavy atom. The summed E-state index contributed by atoms with van der Waals surface area (Å²) in [6, 6.07) is 5.61. The smallest absolute Gasteiger partial charge is 0.273 e. The lowest BCUT2D eigenvalue weighted by molar-refractivity contribution is 0.170. The first-order valence-electron chi connectivity index (χ1n) is 9.47. The van der Waals surface area contributed by atoms with E-state index in [4.69, 9.17) is 14.5 Å². The molecule has 3 aromatic rings. The summed E-state index contributed by atoms with van der Waals surface area (Å²) in [5, 5.41) is 6.93. The zero-order chi connectivity index (χ0) is 19.5.